The number of halogens is 2. The number of oxime groups is 1. The van der Waals surface area contributed by atoms with Crippen molar-refractivity contribution in [1.82, 2.24) is 0 Å². The van der Waals surface area contributed by atoms with Crippen molar-refractivity contribution in [3.8, 4) is 0 Å². The molecule has 0 aliphatic heterocycles. The summed E-state index contributed by atoms with van der Waals surface area (Å²) in [5, 5.41) is 14.9. The molecule has 0 radical (unpaired) electrons. The molecule has 2 aromatic rings. The summed E-state index contributed by atoms with van der Waals surface area (Å²) in [7, 11) is 0. The van der Waals surface area contributed by atoms with E-state index in [1.54, 1.807) is 12.1 Å². The number of carbonyl (C=O) groups is 1. The van der Waals surface area contributed by atoms with Gasteiger partial charge in [-0.05, 0) is 24.3 Å². The van der Waals surface area contributed by atoms with Gasteiger partial charge < -0.3 is 4.84 Å². The second kappa shape index (κ2) is 7.02. The minimum absolute atomic E-state index is 0.118. The zero-order valence-corrected chi connectivity index (χ0v) is 12.4. The maximum atomic E-state index is 11.7. The lowest BCUT2D eigenvalue weighted by atomic mass is 10.2. The Morgan fingerprint density at radius 1 is 1.18 bits per heavy atom. The molecule has 112 valence electrons. The molecule has 0 bridgehead atoms. The van der Waals surface area contributed by atoms with Crippen molar-refractivity contribution < 1.29 is 14.6 Å². The SMILES string of the molecule is O=C(O/N=C\c1ccc(Cl)cc1Cl)c1ccc([N+](=O)[O-])cc1. The van der Waals surface area contributed by atoms with Crippen LogP contribution in [-0.4, -0.2) is 17.1 Å². The predicted molar refractivity (Wildman–Crippen MR) is 82.6 cm³/mol. The van der Waals surface area contributed by atoms with Crippen LogP contribution in [0.25, 0.3) is 0 Å². The van der Waals surface area contributed by atoms with E-state index in [1.165, 1.54) is 36.5 Å². The van der Waals surface area contributed by atoms with Crippen molar-refractivity contribution in [3.63, 3.8) is 0 Å². The highest BCUT2D eigenvalue weighted by atomic mass is 35.5. The Morgan fingerprint density at radius 3 is 2.45 bits per heavy atom. The smallest absolute Gasteiger partial charge is 0.313 e. The van der Waals surface area contributed by atoms with Gasteiger partial charge >= 0.3 is 5.97 Å². The summed E-state index contributed by atoms with van der Waals surface area (Å²) in [6.45, 7) is 0. The van der Waals surface area contributed by atoms with Gasteiger partial charge in [0.15, 0.2) is 0 Å². The predicted octanol–water partition coefficient (Wildman–Crippen LogP) is 4.09. The maximum Gasteiger partial charge on any atom is 0.365 e. The van der Waals surface area contributed by atoms with Gasteiger partial charge in [-0.3, -0.25) is 10.1 Å². The number of carbonyl (C=O) groups excluding carboxylic acids is 1. The van der Waals surface area contributed by atoms with Crippen LogP contribution in [0, 0.1) is 10.1 Å². The lowest BCUT2D eigenvalue weighted by Gasteiger charge is -1.99. The Labute approximate surface area is 135 Å². The molecule has 0 atom stereocenters. The molecule has 0 aliphatic carbocycles. The number of benzene rings is 2. The molecule has 0 aromatic heterocycles. The van der Waals surface area contributed by atoms with Crippen molar-refractivity contribution in [3.05, 3.63) is 73.8 Å². The van der Waals surface area contributed by atoms with E-state index in [4.69, 9.17) is 23.2 Å². The molecule has 0 fully saturated rings. The van der Waals surface area contributed by atoms with Crippen molar-refractivity contribution in [2.75, 3.05) is 0 Å². The largest absolute Gasteiger partial charge is 0.365 e. The summed E-state index contributed by atoms with van der Waals surface area (Å²) in [6.07, 6.45) is 1.27. The summed E-state index contributed by atoms with van der Waals surface area (Å²) in [5.41, 5.74) is 0.556. The van der Waals surface area contributed by atoms with E-state index in [9.17, 15) is 14.9 Å². The van der Waals surface area contributed by atoms with E-state index in [-0.39, 0.29) is 11.3 Å². The van der Waals surface area contributed by atoms with Crippen LogP contribution in [0.15, 0.2) is 47.6 Å². The van der Waals surface area contributed by atoms with Crippen LogP contribution >= 0.6 is 23.2 Å². The molecule has 0 saturated carbocycles. The molecule has 2 aromatic carbocycles. The fourth-order valence-electron chi connectivity index (χ4n) is 1.51. The second-order valence-electron chi connectivity index (χ2n) is 4.08. The van der Waals surface area contributed by atoms with Crippen molar-refractivity contribution in [2.45, 2.75) is 0 Å². The van der Waals surface area contributed by atoms with Gasteiger partial charge in [0.1, 0.15) is 0 Å². The van der Waals surface area contributed by atoms with Crippen LogP contribution in [0.1, 0.15) is 15.9 Å². The van der Waals surface area contributed by atoms with Gasteiger partial charge in [0.2, 0.25) is 0 Å². The highest BCUT2D eigenvalue weighted by Gasteiger charge is 2.10. The summed E-state index contributed by atoms with van der Waals surface area (Å²) >= 11 is 11.7. The van der Waals surface area contributed by atoms with Crippen LogP contribution in [-0.2, 0) is 4.84 Å². The first-order chi connectivity index (χ1) is 10.5. The first kappa shape index (κ1) is 15.9. The first-order valence-electron chi connectivity index (χ1n) is 5.91. The first-order valence-corrected chi connectivity index (χ1v) is 6.67. The van der Waals surface area contributed by atoms with Crippen molar-refractivity contribution >= 4 is 41.1 Å². The third-order valence-electron chi connectivity index (χ3n) is 2.60. The van der Waals surface area contributed by atoms with Crippen LogP contribution < -0.4 is 0 Å². The van der Waals surface area contributed by atoms with Crippen LogP contribution in [0.5, 0.6) is 0 Å². The van der Waals surface area contributed by atoms with Gasteiger partial charge in [-0.25, -0.2) is 4.79 Å². The summed E-state index contributed by atoms with van der Waals surface area (Å²) in [5.74, 6) is -0.740. The van der Waals surface area contributed by atoms with Crippen LogP contribution in [0.2, 0.25) is 10.0 Å². The Balaban J connectivity index is 2.02. The van der Waals surface area contributed by atoms with E-state index < -0.39 is 10.9 Å². The van der Waals surface area contributed by atoms with Crippen molar-refractivity contribution in [1.29, 1.82) is 0 Å². The molecule has 0 spiro atoms. The molecule has 6 nitrogen and oxygen atoms in total. The molecule has 0 N–H and O–H groups in total. The maximum absolute atomic E-state index is 11.7. The molecule has 0 aliphatic rings. The number of hydrogen-bond acceptors (Lipinski definition) is 5. The number of nitro groups is 1. The third kappa shape index (κ3) is 4.03. The van der Waals surface area contributed by atoms with Gasteiger partial charge in [0.25, 0.3) is 5.69 Å². The van der Waals surface area contributed by atoms with Crippen LogP contribution in [0.3, 0.4) is 0 Å². The number of nitro benzene ring substituents is 1. The minimum Gasteiger partial charge on any atom is -0.313 e. The average Bonchev–Trinajstić information content (AvgIpc) is 2.49. The second-order valence-corrected chi connectivity index (χ2v) is 4.93. The Bertz CT molecular complexity index is 745. The third-order valence-corrected chi connectivity index (χ3v) is 3.17. The highest BCUT2D eigenvalue weighted by molar-refractivity contribution is 6.36. The van der Waals surface area contributed by atoms with Gasteiger partial charge in [0.05, 0.1) is 21.7 Å². The molecule has 0 unspecified atom stereocenters. The topological polar surface area (TPSA) is 81.8 Å². The van der Waals surface area contributed by atoms with E-state index in [1.807, 2.05) is 0 Å². The Kier molecular flexibility index (Phi) is 5.08. The molecule has 0 heterocycles. The number of nitrogens with zero attached hydrogens (tertiary/aromatic N) is 2. The molecule has 22 heavy (non-hydrogen) atoms. The Hall–Kier alpha value is -2.44. The van der Waals surface area contributed by atoms with Gasteiger partial charge in [-0.1, -0.05) is 34.4 Å². The van der Waals surface area contributed by atoms with Crippen LogP contribution in [0.4, 0.5) is 5.69 Å². The average molecular weight is 339 g/mol. The zero-order chi connectivity index (χ0) is 16.1. The van der Waals surface area contributed by atoms with Gasteiger partial charge in [-0.15, -0.1) is 0 Å². The van der Waals surface area contributed by atoms with E-state index in [2.05, 4.69) is 9.99 Å². The number of non-ortho nitro benzene ring substituents is 1. The summed E-state index contributed by atoms with van der Waals surface area (Å²) in [6, 6.07) is 9.74. The fourth-order valence-corrected chi connectivity index (χ4v) is 1.97. The van der Waals surface area contributed by atoms with Gasteiger partial charge in [0, 0.05) is 22.7 Å². The normalized spacial score (nSPS) is 10.6. The quantitative estimate of drug-likeness (QED) is 0.363. The molecule has 0 amide bonds. The number of rotatable bonds is 4. The van der Waals surface area contributed by atoms with E-state index in [0.717, 1.165) is 0 Å². The van der Waals surface area contributed by atoms with Gasteiger partial charge in [-0.2, -0.15) is 0 Å². The molecular formula is C14H8Cl2N2O4. The summed E-state index contributed by atoms with van der Waals surface area (Å²) < 4.78 is 0. The molecular weight excluding hydrogens is 331 g/mol. The molecule has 0 saturated heterocycles. The zero-order valence-electron chi connectivity index (χ0n) is 10.9. The van der Waals surface area contributed by atoms with Crippen molar-refractivity contribution in [2.24, 2.45) is 5.16 Å². The standard InChI is InChI=1S/C14H8Cl2N2O4/c15-11-4-1-10(13(16)7-11)8-17-22-14(19)9-2-5-12(6-3-9)18(20)21/h1-8H/b17-8-. The molecule has 8 heteroatoms. The summed E-state index contributed by atoms with van der Waals surface area (Å²) in [4.78, 5) is 26.3. The lowest BCUT2D eigenvalue weighted by Crippen LogP contribution is -2.01. The minimum atomic E-state index is -0.740. The number of hydrogen-bond donors (Lipinski definition) is 0. The monoisotopic (exact) mass is 338 g/mol. The Morgan fingerprint density at radius 2 is 1.86 bits per heavy atom. The van der Waals surface area contributed by atoms with E-state index in [0.29, 0.717) is 15.6 Å². The molecule has 2 rings (SSSR count). The lowest BCUT2D eigenvalue weighted by molar-refractivity contribution is -0.384. The van der Waals surface area contributed by atoms with E-state index >= 15 is 0 Å². The highest BCUT2D eigenvalue weighted by Crippen LogP contribution is 2.19. The fraction of sp³-hybridized carbons (Fsp3) is 0.